The van der Waals surface area contributed by atoms with E-state index in [0.717, 1.165) is 5.56 Å². The van der Waals surface area contributed by atoms with Crippen molar-refractivity contribution in [1.29, 1.82) is 0 Å². The highest BCUT2D eigenvalue weighted by atomic mass is 16.6. The van der Waals surface area contributed by atoms with Crippen molar-refractivity contribution in [2.45, 2.75) is 6.92 Å². The molecule has 11 heteroatoms. The summed E-state index contributed by atoms with van der Waals surface area (Å²) in [7, 11) is 1.46. The van der Waals surface area contributed by atoms with Crippen molar-refractivity contribution in [3.63, 3.8) is 0 Å². The van der Waals surface area contributed by atoms with Gasteiger partial charge in [0, 0.05) is 28.8 Å². The number of non-ortho nitro benzene ring substituents is 1. The van der Waals surface area contributed by atoms with Gasteiger partial charge in [0.1, 0.15) is 5.58 Å². The highest BCUT2D eigenvalue weighted by Gasteiger charge is 2.15. The second kappa shape index (κ2) is 11.0. The molecule has 0 fully saturated rings. The molecule has 0 saturated carbocycles. The lowest BCUT2D eigenvalue weighted by Crippen LogP contribution is -2.21. The minimum atomic E-state index is -0.655. The molecular weight excluding hydrogens is 480 g/mol. The number of hydrogen-bond donors (Lipinski definition) is 2. The van der Waals surface area contributed by atoms with Gasteiger partial charge in [-0.05, 0) is 43.3 Å². The summed E-state index contributed by atoms with van der Waals surface area (Å²) >= 11 is 0. The number of anilines is 1. The zero-order valence-electron chi connectivity index (χ0n) is 19.9. The molecule has 0 radical (unpaired) electrons. The van der Waals surface area contributed by atoms with Crippen LogP contribution in [0, 0.1) is 17.0 Å². The van der Waals surface area contributed by atoms with Crippen LogP contribution in [0.5, 0.6) is 11.5 Å². The molecule has 11 nitrogen and oxygen atoms in total. The lowest BCUT2D eigenvalue weighted by Gasteiger charge is -2.13. The minimum absolute atomic E-state index is 0.0671. The minimum Gasteiger partial charge on any atom is -0.493 e. The van der Waals surface area contributed by atoms with Crippen molar-refractivity contribution in [2.75, 3.05) is 19.0 Å². The van der Waals surface area contributed by atoms with Crippen LogP contribution in [0.4, 0.5) is 11.4 Å². The van der Waals surface area contributed by atoms with E-state index in [1.54, 1.807) is 30.3 Å². The van der Waals surface area contributed by atoms with Gasteiger partial charge in [0.15, 0.2) is 23.9 Å². The fourth-order valence-corrected chi connectivity index (χ4v) is 3.39. The number of rotatable bonds is 9. The van der Waals surface area contributed by atoms with E-state index < -0.39 is 10.8 Å². The van der Waals surface area contributed by atoms with Crippen molar-refractivity contribution in [1.82, 2.24) is 5.43 Å². The van der Waals surface area contributed by atoms with E-state index in [-0.39, 0.29) is 29.7 Å². The van der Waals surface area contributed by atoms with Gasteiger partial charge in [-0.3, -0.25) is 19.7 Å². The van der Waals surface area contributed by atoms with Crippen molar-refractivity contribution < 1.29 is 28.4 Å². The summed E-state index contributed by atoms with van der Waals surface area (Å²) in [6, 6.07) is 17.8. The van der Waals surface area contributed by atoms with Gasteiger partial charge in [-0.25, -0.2) is 5.43 Å². The number of nitro groups is 1. The molecule has 0 unspecified atom stereocenters. The highest BCUT2D eigenvalue weighted by molar-refractivity contribution is 5.97. The number of para-hydroxylation sites is 1. The summed E-state index contributed by atoms with van der Waals surface area (Å²) in [4.78, 5) is 35.3. The third kappa shape index (κ3) is 6.09. The number of carbonyl (C=O) groups excluding carboxylic acids is 2. The monoisotopic (exact) mass is 502 g/mol. The number of aryl methyl sites for hydroxylation is 1. The average molecular weight is 502 g/mol. The van der Waals surface area contributed by atoms with Crippen molar-refractivity contribution >= 4 is 40.4 Å². The normalized spacial score (nSPS) is 10.9. The van der Waals surface area contributed by atoms with Crippen molar-refractivity contribution in [2.24, 2.45) is 5.10 Å². The third-order valence-corrected chi connectivity index (χ3v) is 5.22. The first-order chi connectivity index (χ1) is 17.8. The van der Waals surface area contributed by atoms with Gasteiger partial charge in [0.2, 0.25) is 0 Å². The number of nitrogens with zero attached hydrogens (tertiary/aromatic N) is 2. The third-order valence-electron chi connectivity index (χ3n) is 5.22. The zero-order chi connectivity index (χ0) is 26.4. The van der Waals surface area contributed by atoms with E-state index in [9.17, 15) is 19.7 Å². The summed E-state index contributed by atoms with van der Waals surface area (Å²) in [5, 5.41) is 18.1. The number of furan rings is 1. The molecule has 1 heterocycles. The number of hydrogen-bond acceptors (Lipinski definition) is 8. The Kier molecular flexibility index (Phi) is 7.43. The SMILES string of the molecule is COc1cccc(/C=N/NC(=O)c2cc3cc([N+](=O)[O-])ccc3o2)c1OCC(=O)Nc1ccc(C)cc1. The zero-order valence-corrected chi connectivity index (χ0v) is 19.9. The highest BCUT2D eigenvalue weighted by Crippen LogP contribution is 2.30. The average Bonchev–Trinajstić information content (AvgIpc) is 3.32. The maximum atomic E-state index is 12.5. The second-order valence-corrected chi connectivity index (χ2v) is 7.87. The molecular formula is C26H22N4O7. The van der Waals surface area contributed by atoms with Crippen LogP contribution in [0.3, 0.4) is 0 Å². The number of carbonyl (C=O) groups is 2. The van der Waals surface area contributed by atoms with Crippen LogP contribution < -0.4 is 20.2 Å². The molecule has 1 aromatic heterocycles. The van der Waals surface area contributed by atoms with Crippen LogP contribution in [0.2, 0.25) is 0 Å². The van der Waals surface area contributed by atoms with Gasteiger partial charge in [-0.2, -0.15) is 5.10 Å². The molecule has 0 bridgehead atoms. The molecule has 0 spiro atoms. The Morgan fingerprint density at radius 3 is 2.62 bits per heavy atom. The molecule has 3 aromatic carbocycles. The Hall–Kier alpha value is -5.19. The van der Waals surface area contributed by atoms with Crippen LogP contribution >= 0.6 is 0 Å². The Labute approximate surface area is 210 Å². The van der Waals surface area contributed by atoms with Crippen LogP contribution in [0.25, 0.3) is 11.0 Å². The number of fused-ring (bicyclic) bond motifs is 1. The van der Waals surface area contributed by atoms with Gasteiger partial charge in [0.05, 0.1) is 18.2 Å². The number of hydrazone groups is 1. The molecule has 0 saturated heterocycles. The lowest BCUT2D eigenvalue weighted by atomic mass is 10.2. The molecule has 0 aliphatic carbocycles. The number of nitro benzene ring substituents is 1. The first-order valence-corrected chi connectivity index (χ1v) is 11.0. The van der Waals surface area contributed by atoms with Gasteiger partial charge in [-0.1, -0.05) is 23.8 Å². The Bertz CT molecular complexity index is 1490. The van der Waals surface area contributed by atoms with Crippen LogP contribution in [-0.4, -0.2) is 36.7 Å². The molecule has 4 rings (SSSR count). The molecule has 0 atom stereocenters. The Morgan fingerprint density at radius 1 is 1.11 bits per heavy atom. The first kappa shape index (κ1) is 24.9. The van der Waals surface area contributed by atoms with Gasteiger partial charge < -0.3 is 19.2 Å². The fraction of sp³-hybridized carbons (Fsp3) is 0.115. The van der Waals surface area contributed by atoms with Gasteiger partial charge in [-0.15, -0.1) is 0 Å². The standard InChI is InChI=1S/C26H22N4O7/c1-16-6-8-19(9-7-16)28-24(31)15-36-25-17(4-3-5-22(25)35-2)14-27-29-26(32)23-13-18-12-20(30(33)34)10-11-21(18)37-23/h3-14H,15H2,1-2H3,(H,28,31)(H,29,32)/b27-14+. The molecule has 2 N–H and O–H groups in total. The topological polar surface area (TPSA) is 145 Å². The van der Waals surface area contributed by atoms with Crippen LogP contribution in [0.1, 0.15) is 21.7 Å². The fourth-order valence-electron chi connectivity index (χ4n) is 3.39. The lowest BCUT2D eigenvalue weighted by molar-refractivity contribution is -0.384. The molecule has 4 aromatic rings. The Balaban J connectivity index is 1.43. The van der Waals surface area contributed by atoms with E-state index in [2.05, 4.69) is 15.8 Å². The number of ether oxygens (including phenoxy) is 2. The van der Waals surface area contributed by atoms with E-state index in [1.165, 1.54) is 37.6 Å². The molecule has 2 amide bonds. The predicted octanol–water partition coefficient (Wildman–Crippen LogP) is 4.44. The van der Waals surface area contributed by atoms with Crippen LogP contribution in [-0.2, 0) is 4.79 Å². The summed E-state index contributed by atoms with van der Waals surface area (Å²) < 4.78 is 16.5. The maximum absolute atomic E-state index is 12.5. The summed E-state index contributed by atoms with van der Waals surface area (Å²) in [5.41, 5.74) is 4.71. The smallest absolute Gasteiger partial charge is 0.307 e. The first-order valence-electron chi connectivity index (χ1n) is 11.0. The Morgan fingerprint density at radius 2 is 1.89 bits per heavy atom. The number of methoxy groups -OCH3 is 1. The largest absolute Gasteiger partial charge is 0.493 e. The number of nitrogens with one attached hydrogen (secondary N) is 2. The molecule has 0 aliphatic heterocycles. The van der Waals surface area contributed by atoms with Crippen molar-refractivity contribution in [3.8, 4) is 11.5 Å². The maximum Gasteiger partial charge on any atom is 0.307 e. The molecule has 0 aliphatic rings. The van der Waals surface area contributed by atoms with Crippen LogP contribution in [0.15, 0.2) is 76.2 Å². The molecule has 37 heavy (non-hydrogen) atoms. The summed E-state index contributed by atoms with van der Waals surface area (Å²) in [5.74, 6) is -0.452. The molecule has 188 valence electrons. The van der Waals surface area contributed by atoms with Gasteiger partial charge >= 0.3 is 5.91 Å². The summed E-state index contributed by atoms with van der Waals surface area (Å²) in [6.07, 6.45) is 1.33. The van der Waals surface area contributed by atoms with Crippen molar-refractivity contribution in [3.05, 3.63) is 93.7 Å². The number of benzene rings is 3. The number of amides is 2. The summed E-state index contributed by atoms with van der Waals surface area (Å²) in [6.45, 7) is 1.67. The van der Waals surface area contributed by atoms with E-state index in [0.29, 0.717) is 28.0 Å². The quantitative estimate of drug-likeness (QED) is 0.195. The van der Waals surface area contributed by atoms with Gasteiger partial charge in [0.25, 0.3) is 11.6 Å². The second-order valence-electron chi connectivity index (χ2n) is 7.87. The van der Waals surface area contributed by atoms with E-state index in [1.807, 2.05) is 19.1 Å². The predicted molar refractivity (Wildman–Crippen MR) is 136 cm³/mol. The van der Waals surface area contributed by atoms with E-state index in [4.69, 9.17) is 13.9 Å². The van der Waals surface area contributed by atoms with E-state index >= 15 is 0 Å².